The van der Waals surface area contributed by atoms with E-state index in [1.54, 1.807) is 18.0 Å². The highest BCUT2D eigenvalue weighted by Crippen LogP contribution is 2.31. The van der Waals surface area contributed by atoms with Crippen molar-refractivity contribution in [3.8, 4) is 0 Å². The Morgan fingerprint density at radius 1 is 1.61 bits per heavy atom. The molecule has 0 aliphatic heterocycles. The maximum Gasteiger partial charge on any atom is 0.179 e. The van der Waals surface area contributed by atoms with Crippen LogP contribution in [0.15, 0.2) is 6.07 Å². The SMILES string of the molecule is COCC(O)CN(C)CC(=O)c1cc(Cl)sc1Cl. The van der Waals surface area contributed by atoms with Gasteiger partial charge in [-0.15, -0.1) is 11.3 Å². The third kappa shape index (κ3) is 4.84. The van der Waals surface area contributed by atoms with Crippen LogP contribution in [-0.4, -0.2) is 55.7 Å². The van der Waals surface area contributed by atoms with E-state index in [1.165, 1.54) is 18.4 Å². The lowest BCUT2D eigenvalue weighted by Crippen LogP contribution is -2.35. The summed E-state index contributed by atoms with van der Waals surface area (Å²) in [5.74, 6) is -0.115. The van der Waals surface area contributed by atoms with Gasteiger partial charge >= 0.3 is 0 Å². The number of aliphatic hydroxyl groups excluding tert-OH is 1. The van der Waals surface area contributed by atoms with Gasteiger partial charge in [0.05, 0.1) is 29.2 Å². The van der Waals surface area contributed by atoms with Crippen LogP contribution in [0, 0.1) is 0 Å². The summed E-state index contributed by atoms with van der Waals surface area (Å²) in [6.07, 6.45) is -0.616. The number of carbonyl (C=O) groups excluding carboxylic acids is 1. The van der Waals surface area contributed by atoms with Crippen LogP contribution in [0.2, 0.25) is 8.67 Å². The lowest BCUT2D eigenvalue weighted by atomic mass is 10.2. The molecule has 0 saturated heterocycles. The molecule has 1 aromatic rings. The molecule has 0 radical (unpaired) electrons. The third-order valence-corrected chi connectivity index (χ3v) is 3.74. The molecule has 1 rings (SSSR count). The molecule has 1 heterocycles. The number of halogens is 2. The number of hydrogen-bond donors (Lipinski definition) is 1. The molecule has 7 heteroatoms. The molecular formula is C11H15Cl2NO3S. The van der Waals surface area contributed by atoms with E-state index < -0.39 is 6.10 Å². The molecule has 18 heavy (non-hydrogen) atoms. The second-order valence-corrected chi connectivity index (χ2v) is 6.25. The van der Waals surface area contributed by atoms with Crippen molar-refractivity contribution in [3.63, 3.8) is 0 Å². The lowest BCUT2D eigenvalue weighted by Gasteiger charge is -2.19. The first-order valence-electron chi connectivity index (χ1n) is 5.27. The number of rotatable bonds is 7. The lowest BCUT2D eigenvalue weighted by molar-refractivity contribution is 0.0428. The van der Waals surface area contributed by atoms with Gasteiger partial charge < -0.3 is 9.84 Å². The van der Waals surface area contributed by atoms with E-state index in [4.69, 9.17) is 27.9 Å². The maximum atomic E-state index is 11.9. The Morgan fingerprint density at radius 3 is 2.78 bits per heavy atom. The Kier molecular flexibility index (Phi) is 6.55. The number of Topliss-reactive ketones (excluding diaryl/α,β-unsaturated/α-hetero) is 1. The molecule has 1 atom stereocenters. The fourth-order valence-corrected chi connectivity index (χ4v) is 3.03. The summed E-state index contributed by atoms with van der Waals surface area (Å²) in [7, 11) is 3.26. The van der Waals surface area contributed by atoms with Crippen LogP contribution in [0.1, 0.15) is 10.4 Å². The van der Waals surface area contributed by atoms with Gasteiger partial charge in [0.25, 0.3) is 0 Å². The highest BCUT2D eigenvalue weighted by Gasteiger charge is 2.17. The van der Waals surface area contributed by atoms with Crippen molar-refractivity contribution < 1.29 is 14.6 Å². The van der Waals surface area contributed by atoms with Crippen LogP contribution in [-0.2, 0) is 4.74 Å². The second kappa shape index (κ2) is 7.43. The minimum atomic E-state index is -0.616. The first kappa shape index (κ1) is 15.9. The van der Waals surface area contributed by atoms with Crippen molar-refractivity contribution >= 4 is 40.3 Å². The third-order valence-electron chi connectivity index (χ3n) is 2.25. The normalized spacial score (nSPS) is 13.0. The number of ketones is 1. The number of aliphatic hydroxyl groups is 1. The summed E-state index contributed by atoms with van der Waals surface area (Å²) < 4.78 is 5.71. The van der Waals surface area contributed by atoms with Gasteiger partial charge in [0.15, 0.2) is 5.78 Å². The minimum absolute atomic E-state index is 0.115. The van der Waals surface area contributed by atoms with E-state index in [2.05, 4.69) is 0 Å². The Hall–Kier alpha value is -0.170. The number of carbonyl (C=O) groups is 1. The molecule has 0 aliphatic carbocycles. The zero-order chi connectivity index (χ0) is 13.7. The first-order chi connectivity index (χ1) is 8.43. The molecule has 1 N–H and O–H groups in total. The van der Waals surface area contributed by atoms with Gasteiger partial charge in [-0.1, -0.05) is 23.2 Å². The van der Waals surface area contributed by atoms with Crippen LogP contribution in [0.3, 0.4) is 0 Å². The van der Waals surface area contributed by atoms with Gasteiger partial charge in [-0.3, -0.25) is 9.69 Å². The van der Waals surface area contributed by atoms with Gasteiger partial charge in [-0.05, 0) is 13.1 Å². The summed E-state index contributed by atoms with van der Waals surface area (Å²) in [6, 6.07) is 1.57. The smallest absolute Gasteiger partial charge is 0.179 e. The summed E-state index contributed by atoms with van der Waals surface area (Å²) in [5, 5.41) is 9.54. The molecule has 1 aromatic heterocycles. The second-order valence-electron chi connectivity index (χ2n) is 3.97. The van der Waals surface area contributed by atoms with Crippen molar-refractivity contribution in [1.82, 2.24) is 4.90 Å². The van der Waals surface area contributed by atoms with Crippen molar-refractivity contribution in [2.24, 2.45) is 0 Å². The Morgan fingerprint density at radius 2 is 2.28 bits per heavy atom. The fourth-order valence-electron chi connectivity index (χ4n) is 1.53. The number of methoxy groups -OCH3 is 1. The van der Waals surface area contributed by atoms with Crippen LogP contribution >= 0.6 is 34.5 Å². The summed E-state index contributed by atoms with van der Waals surface area (Å²) in [4.78, 5) is 13.7. The predicted octanol–water partition coefficient (Wildman–Crippen LogP) is 2.18. The van der Waals surface area contributed by atoms with Crippen molar-refractivity contribution in [2.75, 3.05) is 33.9 Å². The van der Waals surface area contributed by atoms with Crippen LogP contribution in [0.4, 0.5) is 0 Å². The quantitative estimate of drug-likeness (QED) is 0.784. The highest BCUT2D eigenvalue weighted by atomic mass is 35.5. The van der Waals surface area contributed by atoms with E-state index in [-0.39, 0.29) is 18.9 Å². The number of nitrogens with zero attached hydrogens (tertiary/aromatic N) is 1. The van der Waals surface area contributed by atoms with Gasteiger partial charge in [0.1, 0.15) is 4.34 Å². The number of hydrogen-bond acceptors (Lipinski definition) is 5. The summed E-state index contributed by atoms with van der Waals surface area (Å²) >= 11 is 12.9. The molecule has 4 nitrogen and oxygen atoms in total. The Balaban J connectivity index is 2.52. The zero-order valence-corrected chi connectivity index (χ0v) is 12.5. The molecule has 102 valence electrons. The molecule has 1 unspecified atom stereocenters. The van der Waals surface area contributed by atoms with Crippen LogP contribution < -0.4 is 0 Å². The van der Waals surface area contributed by atoms with Gasteiger partial charge in [0.2, 0.25) is 0 Å². The molecular weight excluding hydrogens is 297 g/mol. The monoisotopic (exact) mass is 311 g/mol. The van der Waals surface area contributed by atoms with Crippen molar-refractivity contribution in [3.05, 3.63) is 20.3 Å². The van der Waals surface area contributed by atoms with Gasteiger partial charge in [-0.2, -0.15) is 0 Å². The van der Waals surface area contributed by atoms with Gasteiger partial charge in [0, 0.05) is 13.7 Å². The minimum Gasteiger partial charge on any atom is -0.389 e. The topological polar surface area (TPSA) is 49.8 Å². The van der Waals surface area contributed by atoms with Gasteiger partial charge in [-0.25, -0.2) is 0 Å². The van der Waals surface area contributed by atoms with Crippen molar-refractivity contribution in [1.29, 1.82) is 0 Å². The van der Waals surface area contributed by atoms with E-state index in [0.29, 0.717) is 20.8 Å². The van der Waals surface area contributed by atoms with E-state index >= 15 is 0 Å². The molecule has 0 bridgehead atoms. The maximum absolute atomic E-state index is 11.9. The molecule has 0 spiro atoms. The molecule has 0 saturated carbocycles. The molecule has 0 fully saturated rings. The van der Waals surface area contributed by atoms with Crippen molar-refractivity contribution in [2.45, 2.75) is 6.10 Å². The molecule has 0 aliphatic rings. The highest BCUT2D eigenvalue weighted by molar-refractivity contribution is 7.20. The summed E-state index contributed by atoms with van der Waals surface area (Å²) in [6.45, 7) is 0.770. The first-order valence-corrected chi connectivity index (χ1v) is 6.84. The van der Waals surface area contributed by atoms with E-state index in [0.717, 1.165) is 0 Å². The van der Waals surface area contributed by atoms with Crippen LogP contribution in [0.5, 0.6) is 0 Å². The Bertz CT molecular complexity index is 411. The fraction of sp³-hybridized carbons (Fsp3) is 0.545. The molecule has 0 aromatic carbocycles. The number of likely N-dealkylation sites (N-methyl/N-ethyl adjacent to an activating group) is 1. The average Bonchev–Trinajstić information content (AvgIpc) is 2.57. The Labute approximate surface area is 120 Å². The van der Waals surface area contributed by atoms with E-state index in [9.17, 15) is 9.90 Å². The molecule has 0 amide bonds. The standard InChI is InChI=1S/C11H15Cl2NO3S/c1-14(4-7(15)6-17-2)5-9(16)8-3-10(12)18-11(8)13/h3,7,15H,4-6H2,1-2H3. The number of ether oxygens (including phenoxy) is 1. The average molecular weight is 312 g/mol. The largest absolute Gasteiger partial charge is 0.389 e. The predicted molar refractivity (Wildman–Crippen MR) is 74.0 cm³/mol. The number of thiophene rings is 1. The van der Waals surface area contributed by atoms with Crippen LogP contribution in [0.25, 0.3) is 0 Å². The van der Waals surface area contributed by atoms with E-state index in [1.807, 2.05) is 0 Å². The summed E-state index contributed by atoms with van der Waals surface area (Å²) in [5.41, 5.74) is 0.430. The zero-order valence-electron chi connectivity index (χ0n) is 10.2.